The predicted molar refractivity (Wildman–Crippen MR) is 68.2 cm³/mol. The second kappa shape index (κ2) is 6.30. The van der Waals surface area contributed by atoms with Gasteiger partial charge in [0.2, 0.25) is 0 Å². The summed E-state index contributed by atoms with van der Waals surface area (Å²) >= 11 is 1.67. The van der Waals surface area contributed by atoms with Gasteiger partial charge in [0.1, 0.15) is 6.04 Å². The molecule has 4 nitrogen and oxygen atoms in total. The molecule has 0 heterocycles. The van der Waals surface area contributed by atoms with Gasteiger partial charge >= 0.3 is 5.97 Å². The molecule has 1 rings (SSSR count). The second-order valence-corrected chi connectivity index (χ2v) is 4.53. The summed E-state index contributed by atoms with van der Waals surface area (Å²) in [6.07, 6.45) is 1.99. The zero-order valence-electron chi connectivity index (χ0n) is 9.77. The Hall–Kier alpha value is -1.49. The van der Waals surface area contributed by atoms with Crippen LogP contribution in [0.2, 0.25) is 0 Å². The first-order chi connectivity index (χ1) is 8.04. The Balaban J connectivity index is 2.75. The quantitative estimate of drug-likeness (QED) is 0.839. The summed E-state index contributed by atoms with van der Waals surface area (Å²) in [7, 11) is 0. The molecule has 1 aromatic rings. The number of carbonyl (C=O) groups excluding carboxylic acids is 1. The van der Waals surface area contributed by atoms with Gasteiger partial charge in [0, 0.05) is 11.3 Å². The fourth-order valence-corrected chi connectivity index (χ4v) is 1.82. The van der Waals surface area contributed by atoms with Gasteiger partial charge in [-0.25, -0.2) is 0 Å². The number of hydrogen-bond donors (Lipinski definition) is 2. The van der Waals surface area contributed by atoms with Crippen molar-refractivity contribution in [1.29, 1.82) is 0 Å². The number of carboxylic acids is 1. The number of nitrogens with one attached hydrogen (secondary N) is 1. The highest BCUT2D eigenvalue weighted by Crippen LogP contribution is 2.11. The number of amides is 1. The standard InChI is InChI=1S/C12H15NO3S/c1-8(12(15)16)13-11(14)10-5-3-4-9(6-10)7-17-2/h3-6,8H,7H2,1-2H3,(H,13,14)(H,15,16). The van der Waals surface area contributed by atoms with Crippen molar-refractivity contribution in [2.45, 2.75) is 18.7 Å². The van der Waals surface area contributed by atoms with Crippen LogP contribution in [0.25, 0.3) is 0 Å². The monoisotopic (exact) mass is 253 g/mol. The number of carbonyl (C=O) groups is 2. The van der Waals surface area contributed by atoms with Crippen LogP contribution in [0.5, 0.6) is 0 Å². The lowest BCUT2D eigenvalue weighted by atomic mass is 10.1. The highest BCUT2D eigenvalue weighted by molar-refractivity contribution is 7.97. The maximum absolute atomic E-state index is 11.7. The molecule has 0 aliphatic carbocycles. The van der Waals surface area contributed by atoms with Gasteiger partial charge in [-0.3, -0.25) is 9.59 Å². The van der Waals surface area contributed by atoms with Crippen molar-refractivity contribution in [2.75, 3.05) is 6.26 Å². The van der Waals surface area contributed by atoms with E-state index in [0.29, 0.717) is 5.56 Å². The van der Waals surface area contributed by atoms with Crippen molar-refractivity contribution in [3.63, 3.8) is 0 Å². The third kappa shape index (κ3) is 4.11. The summed E-state index contributed by atoms with van der Waals surface area (Å²) in [5.41, 5.74) is 1.54. The molecule has 5 heteroatoms. The van der Waals surface area contributed by atoms with Crippen molar-refractivity contribution in [3.8, 4) is 0 Å². The smallest absolute Gasteiger partial charge is 0.325 e. The van der Waals surface area contributed by atoms with Crippen LogP contribution >= 0.6 is 11.8 Å². The lowest BCUT2D eigenvalue weighted by Gasteiger charge is -2.09. The van der Waals surface area contributed by atoms with E-state index in [2.05, 4.69) is 5.32 Å². The summed E-state index contributed by atoms with van der Waals surface area (Å²) in [5.74, 6) is -0.572. The molecule has 1 aromatic carbocycles. The van der Waals surface area contributed by atoms with E-state index in [1.54, 1.807) is 30.0 Å². The minimum absolute atomic E-state index is 0.358. The SMILES string of the molecule is CSCc1cccc(C(=O)NC(C)C(=O)O)c1. The Morgan fingerprint density at radius 1 is 1.47 bits per heavy atom. The summed E-state index contributed by atoms with van der Waals surface area (Å²) in [4.78, 5) is 22.4. The van der Waals surface area contributed by atoms with Crippen molar-refractivity contribution in [3.05, 3.63) is 35.4 Å². The Morgan fingerprint density at radius 2 is 2.18 bits per heavy atom. The molecular formula is C12H15NO3S. The van der Waals surface area contributed by atoms with E-state index in [0.717, 1.165) is 11.3 Å². The van der Waals surface area contributed by atoms with Gasteiger partial charge in [-0.05, 0) is 30.9 Å². The average Bonchev–Trinajstić information content (AvgIpc) is 2.29. The van der Waals surface area contributed by atoms with Crippen molar-refractivity contribution in [2.24, 2.45) is 0 Å². The van der Waals surface area contributed by atoms with Crippen LogP contribution in [0.15, 0.2) is 24.3 Å². The normalized spacial score (nSPS) is 11.9. The molecule has 1 amide bonds. The Labute approximate surface area is 104 Å². The number of benzene rings is 1. The second-order valence-electron chi connectivity index (χ2n) is 3.67. The van der Waals surface area contributed by atoms with Crippen molar-refractivity contribution < 1.29 is 14.7 Å². The van der Waals surface area contributed by atoms with Crippen LogP contribution in [0.3, 0.4) is 0 Å². The molecule has 0 saturated heterocycles. The van der Waals surface area contributed by atoms with Crippen LogP contribution in [0.1, 0.15) is 22.8 Å². The first-order valence-corrected chi connectivity index (χ1v) is 6.55. The topological polar surface area (TPSA) is 66.4 Å². The largest absolute Gasteiger partial charge is 0.480 e. The third-order valence-corrected chi connectivity index (χ3v) is 2.84. The summed E-state index contributed by atoms with van der Waals surface area (Å²) in [6.45, 7) is 1.44. The van der Waals surface area contributed by atoms with Gasteiger partial charge in [-0.2, -0.15) is 11.8 Å². The van der Waals surface area contributed by atoms with Crippen LogP contribution in [0.4, 0.5) is 0 Å². The van der Waals surface area contributed by atoms with Crippen molar-refractivity contribution in [1.82, 2.24) is 5.32 Å². The third-order valence-electron chi connectivity index (χ3n) is 2.22. The predicted octanol–water partition coefficient (Wildman–Crippen LogP) is 1.75. The van der Waals surface area contributed by atoms with E-state index in [1.165, 1.54) is 6.92 Å². The summed E-state index contributed by atoms with van der Waals surface area (Å²) < 4.78 is 0. The number of carboxylic acid groups (broad SMARTS) is 1. The van der Waals surface area contributed by atoms with E-state index in [1.807, 2.05) is 12.3 Å². The maximum atomic E-state index is 11.7. The van der Waals surface area contributed by atoms with E-state index in [4.69, 9.17) is 5.11 Å². The number of rotatable bonds is 5. The van der Waals surface area contributed by atoms with Crippen LogP contribution in [0, 0.1) is 0 Å². The Kier molecular flexibility index (Phi) is 5.03. The molecule has 92 valence electrons. The van der Waals surface area contributed by atoms with Gasteiger partial charge in [0.15, 0.2) is 0 Å². The Morgan fingerprint density at radius 3 is 2.76 bits per heavy atom. The number of thioether (sulfide) groups is 1. The molecule has 0 aromatic heterocycles. The lowest BCUT2D eigenvalue weighted by Crippen LogP contribution is -2.38. The van der Waals surface area contributed by atoms with Gasteiger partial charge in [-0.1, -0.05) is 12.1 Å². The number of aliphatic carboxylic acids is 1. The molecule has 0 aliphatic rings. The molecule has 0 radical (unpaired) electrons. The molecule has 0 aliphatic heterocycles. The van der Waals surface area contributed by atoms with Crippen LogP contribution in [-0.4, -0.2) is 29.3 Å². The van der Waals surface area contributed by atoms with Crippen molar-refractivity contribution >= 4 is 23.6 Å². The molecule has 17 heavy (non-hydrogen) atoms. The molecule has 0 fully saturated rings. The van der Waals surface area contributed by atoms with Crippen LogP contribution in [-0.2, 0) is 10.5 Å². The van der Waals surface area contributed by atoms with Gasteiger partial charge in [-0.15, -0.1) is 0 Å². The Bertz CT molecular complexity index is 420. The summed E-state index contributed by atoms with van der Waals surface area (Å²) in [6, 6.07) is 6.31. The van der Waals surface area contributed by atoms with Gasteiger partial charge in [0.05, 0.1) is 0 Å². The highest BCUT2D eigenvalue weighted by Gasteiger charge is 2.15. The zero-order chi connectivity index (χ0) is 12.8. The molecule has 1 unspecified atom stereocenters. The minimum Gasteiger partial charge on any atom is -0.480 e. The van der Waals surface area contributed by atoms with E-state index in [9.17, 15) is 9.59 Å². The van der Waals surface area contributed by atoms with E-state index >= 15 is 0 Å². The first-order valence-electron chi connectivity index (χ1n) is 5.16. The average molecular weight is 253 g/mol. The zero-order valence-corrected chi connectivity index (χ0v) is 10.6. The first kappa shape index (κ1) is 13.6. The fraction of sp³-hybridized carbons (Fsp3) is 0.333. The molecule has 0 spiro atoms. The van der Waals surface area contributed by atoms with E-state index < -0.39 is 12.0 Å². The minimum atomic E-state index is -1.04. The van der Waals surface area contributed by atoms with Gasteiger partial charge < -0.3 is 10.4 Å². The molecule has 0 saturated carbocycles. The van der Waals surface area contributed by atoms with Crippen LogP contribution < -0.4 is 5.32 Å². The number of hydrogen-bond acceptors (Lipinski definition) is 3. The fourth-order valence-electron chi connectivity index (χ4n) is 1.31. The molecule has 2 N–H and O–H groups in total. The highest BCUT2D eigenvalue weighted by atomic mass is 32.2. The summed E-state index contributed by atoms with van der Waals surface area (Å²) in [5, 5.41) is 11.1. The molecule has 0 bridgehead atoms. The maximum Gasteiger partial charge on any atom is 0.325 e. The van der Waals surface area contributed by atoms with E-state index in [-0.39, 0.29) is 5.91 Å². The molecular weight excluding hydrogens is 238 g/mol. The van der Waals surface area contributed by atoms with Gasteiger partial charge in [0.25, 0.3) is 5.91 Å². The molecule has 1 atom stereocenters. The lowest BCUT2D eigenvalue weighted by molar-refractivity contribution is -0.138.